The number of aryl methyl sites for hydroxylation is 1. The van der Waals surface area contributed by atoms with Gasteiger partial charge in [0.15, 0.2) is 0 Å². The van der Waals surface area contributed by atoms with Crippen molar-refractivity contribution in [1.82, 2.24) is 0 Å². The molecule has 0 aliphatic carbocycles. The van der Waals surface area contributed by atoms with E-state index in [-0.39, 0.29) is 5.41 Å². The molecule has 12 nitrogen and oxygen atoms in total. The van der Waals surface area contributed by atoms with Crippen LogP contribution in [0.15, 0.2) is 24.3 Å². The van der Waals surface area contributed by atoms with Crippen LogP contribution in [0.2, 0.25) is 12.6 Å². The third-order valence-corrected chi connectivity index (χ3v) is 9.05. The van der Waals surface area contributed by atoms with Gasteiger partial charge in [-0.3, -0.25) is 0 Å². The average Bonchev–Trinajstić information content (AvgIpc) is 3.07. The molecule has 0 aromatic heterocycles. The fourth-order valence-electron chi connectivity index (χ4n) is 5.52. The molecule has 2 N–H and O–H groups in total. The summed E-state index contributed by atoms with van der Waals surface area (Å²) in [6, 6.07) is 9.53. The molecule has 0 saturated carbocycles. The molecule has 1 aromatic carbocycles. The lowest BCUT2D eigenvalue weighted by Crippen LogP contribution is -2.29. The van der Waals surface area contributed by atoms with Crippen molar-refractivity contribution in [3.05, 3.63) is 35.4 Å². The van der Waals surface area contributed by atoms with E-state index < -0.39 is 8.56 Å². The standard InChI is InChI=1S/C39H74O12Si/c1-38(2,3)35-39(4,5)37-12-10-36(11-13-37)9-7-14-42-16-18-44-20-22-46-24-26-48-28-30-50-32-33-51-31-29-49-27-25-47-23-21-45-19-17-43-15-8-34-52(6,40)41/h10-13,40-41H,7-9,14-35H2,1-6H3. The third-order valence-electron chi connectivity index (χ3n) is 7.75. The molecule has 13 heteroatoms. The Kier molecular flexibility index (Phi) is 29.4. The summed E-state index contributed by atoms with van der Waals surface area (Å²) in [5, 5.41) is 0. The molecular weight excluding hydrogens is 689 g/mol. The van der Waals surface area contributed by atoms with Crippen molar-refractivity contribution in [3.63, 3.8) is 0 Å². The molecule has 0 atom stereocenters. The Bertz CT molecular complexity index is 921. The van der Waals surface area contributed by atoms with E-state index in [1.165, 1.54) is 17.7 Å². The van der Waals surface area contributed by atoms with Crippen molar-refractivity contribution in [1.29, 1.82) is 0 Å². The van der Waals surface area contributed by atoms with Crippen LogP contribution in [0.3, 0.4) is 0 Å². The van der Waals surface area contributed by atoms with Crippen molar-refractivity contribution in [3.8, 4) is 0 Å². The highest BCUT2D eigenvalue weighted by Gasteiger charge is 2.27. The summed E-state index contributed by atoms with van der Waals surface area (Å²) in [4.78, 5) is 18.7. The lowest BCUT2D eigenvalue weighted by Gasteiger charge is -2.33. The molecule has 0 aliphatic heterocycles. The Morgan fingerprint density at radius 1 is 0.442 bits per heavy atom. The van der Waals surface area contributed by atoms with Gasteiger partial charge in [-0.2, -0.15) is 0 Å². The van der Waals surface area contributed by atoms with Crippen LogP contribution in [0.5, 0.6) is 0 Å². The Labute approximate surface area is 316 Å². The monoisotopic (exact) mass is 762 g/mol. The summed E-state index contributed by atoms with van der Waals surface area (Å²) in [7, 11) is -2.95. The molecule has 0 bridgehead atoms. The zero-order chi connectivity index (χ0) is 38.2. The Morgan fingerprint density at radius 2 is 0.731 bits per heavy atom. The molecule has 1 rings (SSSR count). The maximum atomic E-state index is 9.34. The zero-order valence-corrected chi connectivity index (χ0v) is 34.5. The minimum Gasteiger partial charge on any atom is -0.411 e. The SMILES string of the molecule is CC(C)(C)CC(C)(C)c1ccc(CCCOCCOCCOCCOCCOCCOCCOCCOCCOCCOCCC[Si](C)(O)O)cc1. The molecule has 0 heterocycles. The molecule has 0 amide bonds. The first kappa shape index (κ1) is 49.0. The van der Waals surface area contributed by atoms with Crippen LogP contribution >= 0.6 is 0 Å². The van der Waals surface area contributed by atoms with Crippen molar-refractivity contribution in [2.45, 2.75) is 78.3 Å². The maximum Gasteiger partial charge on any atom is 0.329 e. The van der Waals surface area contributed by atoms with Crippen LogP contribution in [0.4, 0.5) is 0 Å². The Hall–Kier alpha value is -1.04. The minimum absolute atomic E-state index is 0.176. The van der Waals surface area contributed by atoms with Gasteiger partial charge in [0.2, 0.25) is 0 Å². The summed E-state index contributed by atoms with van der Waals surface area (Å²) in [5.74, 6) is 0. The Morgan fingerprint density at radius 3 is 1.02 bits per heavy atom. The second-order valence-electron chi connectivity index (χ2n) is 14.9. The molecule has 1 aromatic rings. The molecule has 0 radical (unpaired) electrons. The molecular formula is C39H74O12Si. The molecule has 0 saturated heterocycles. The molecule has 0 fully saturated rings. The summed E-state index contributed by atoms with van der Waals surface area (Å²) in [5.41, 5.74) is 3.25. The van der Waals surface area contributed by atoms with Gasteiger partial charge in [-0.15, -0.1) is 0 Å². The first-order chi connectivity index (χ1) is 24.9. The van der Waals surface area contributed by atoms with Crippen LogP contribution in [-0.4, -0.2) is 150 Å². The number of rotatable bonds is 37. The second-order valence-corrected chi connectivity index (χ2v) is 17.8. The predicted octanol–water partition coefficient (Wildman–Crippen LogP) is 4.95. The number of hydrogen-bond donors (Lipinski definition) is 2. The minimum atomic E-state index is -2.95. The van der Waals surface area contributed by atoms with Gasteiger partial charge in [-0.05, 0) is 60.2 Å². The van der Waals surface area contributed by atoms with Crippen LogP contribution < -0.4 is 0 Å². The van der Waals surface area contributed by atoms with Crippen molar-refractivity contribution in [2.75, 3.05) is 132 Å². The molecule has 0 unspecified atom stereocenters. The van der Waals surface area contributed by atoms with Gasteiger partial charge in [-0.1, -0.05) is 58.9 Å². The van der Waals surface area contributed by atoms with Gasteiger partial charge in [0.05, 0.1) is 119 Å². The summed E-state index contributed by atoms with van der Waals surface area (Å²) < 4.78 is 55.1. The fraction of sp³-hybridized carbons (Fsp3) is 0.846. The van der Waals surface area contributed by atoms with Crippen molar-refractivity contribution < 1.29 is 57.0 Å². The average molecular weight is 763 g/mol. The van der Waals surface area contributed by atoms with E-state index in [1.807, 2.05) is 0 Å². The Balaban J connectivity index is 1.73. The van der Waals surface area contributed by atoms with E-state index in [2.05, 4.69) is 58.9 Å². The van der Waals surface area contributed by atoms with E-state index in [0.29, 0.717) is 143 Å². The lowest BCUT2D eigenvalue weighted by molar-refractivity contribution is -0.0264. The summed E-state index contributed by atoms with van der Waals surface area (Å²) in [6.45, 7) is 23.6. The van der Waals surface area contributed by atoms with Crippen LogP contribution in [0.25, 0.3) is 0 Å². The largest absolute Gasteiger partial charge is 0.411 e. The van der Waals surface area contributed by atoms with E-state index in [4.69, 9.17) is 47.4 Å². The van der Waals surface area contributed by atoms with Crippen molar-refractivity contribution in [2.24, 2.45) is 5.41 Å². The van der Waals surface area contributed by atoms with Crippen LogP contribution in [0, 0.1) is 5.41 Å². The highest BCUT2D eigenvalue weighted by atomic mass is 28.4. The first-order valence-corrected chi connectivity index (χ1v) is 21.8. The topological polar surface area (TPSA) is 133 Å². The van der Waals surface area contributed by atoms with Gasteiger partial charge in [0.1, 0.15) is 0 Å². The fourth-order valence-corrected chi connectivity index (χ4v) is 6.33. The van der Waals surface area contributed by atoms with Gasteiger partial charge < -0.3 is 57.0 Å². The smallest absolute Gasteiger partial charge is 0.329 e. The van der Waals surface area contributed by atoms with E-state index in [1.54, 1.807) is 0 Å². The van der Waals surface area contributed by atoms with E-state index >= 15 is 0 Å². The van der Waals surface area contributed by atoms with Crippen LogP contribution in [0.1, 0.15) is 65.0 Å². The van der Waals surface area contributed by atoms with Gasteiger partial charge in [-0.25, -0.2) is 0 Å². The van der Waals surface area contributed by atoms with Crippen LogP contribution in [-0.2, 0) is 59.2 Å². The lowest BCUT2D eigenvalue weighted by atomic mass is 9.72. The zero-order valence-electron chi connectivity index (χ0n) is 33.5. The third kappa shape index (κ3) is 32.4. The van der Waals surface area contributed by atoms with Gasteiger partial charge in [0.25, 0.3) is 0 Å². The highest BCUT2D eigenvalue weighted by Crippen LogP contribution is 2.36. The van der Waals surface area contributed by atoms with E-state index in [9.17, 15) is 9.59 Å². The summed E-state index contributed by atoms with van der Waals surface area (Å²) >= 11 is 0. The number of hydrogen-bond acceptors (Lipinski definition) is 12. The second kappa shape index (κ2) is 31.2. The quantitative estimate of drug-likeness (QED) is 0.0703. The molecule has 0 aliphatic rings. The van der Waals surface area contributed by atoms with E-state index in [0.717, 1.165) is 25.9 Å². The molecule has 306 valence electrons. The first-order valence-electron chi connectivity index (χ1n) is 19.2. The molecule has 0 spiro atoms. The highest BCUT2D eigenvalue weighted by molar-refractivity contribution is 6.63. The molecule has 52 heavy (non-hydrogen) atoms. The summed E-state index contributed by atoms with van der Waals surface area (Å²) in [6.07, 6.45) is 3.83. The predicted molar refractivity (Wildman–Crippen MR) is 206 cm³/mol. The number of ether oxygens (including phenoxy) is 10. The van der Waals surface area contributed by atoms with Gasteiger partial charge in [0, 0.05) is 13.2 Å². The van der Waals surface area contributed by atoms with Gasteiger partial charge >= 0.3 is 8.56 Å². The van der Waals surface area contributed by atoms with Crippen molar-refractivity contribution >= 4 is 8.56 Å². The maximum absolute atomic E-state index is 9.34. The number of benzene rings is 1. The normalized spacial score (nSPS) is 12.6.